The van der Waals surface area contributed by atoms with Crippen molar-refractivity contribution in [2.45, 2.75) is 33.2 Å². The molecule has 0 spiro atoms. The monoisotopic (exact) mass is 429 g/mol. The normalized spacial score (nSPS) is 18.0. The molecule has 8 heteroatoms. The molecule has 2 heterocycles. The number of nitrogens with zero attached hydrogens (tertiary/aromatic N) is 2. The average Bonchev–Trinajstić information content (AvgIpc) is 3.09. The zero-order valence-corrected chi connectivity index (χ0v) is 18.5. The number of methoxy groups -OCH3 is 1. The molecule has 30 heavy (non-hydrogen) atoms. The lowest BCUT2D eigenvalue weighted by Crippen LogP contribution is -2.38. The number of amidine groups is 1. The van der Waals surface area contributed by atoms with Gasteiger partial charge in [0.25, 0.3) is 0 Å². The molecule has 1 aromatic carbocycles. The van der Waals surface area contributed by atoms with Crippen LogP contribution in [0, 0.1) is 6.92 Å². The van der Waals surface area contributed by atoms with Gasteiger partial charge in [0.2, 0.25) is 5.91 Å². The number of aryl methyl sites for hydroxylation is 1. The maximum atomic E-state index is 12.9. The molecule has 3 rings (SSSR count). The number of amides is 1. The van der Waals surface area contributed by atoms with Crippen LogP contribution in [0.1, 0.15) is 37.4 Å². The molecule has 0 saturated carbocycles. The molecular weight excluding hydrogens is 402 g/mol. The van der Waals surface area contributed by atoms with Crippen LogP contribution in [-0.4, -0.2) is 48.8 Å². The van der Waals surface area contributed by atoms with Gasteiger partial charge in [-0.05, 0) is 37.3 Å². The van der Waals surface area contributed by atoms with Crippen LogP contribution in [-0.2, 0) is 19.1 Å². The van der Waals surface area contributed by atoms with Crippen LogP contribution in [0.4, 0.5) is 0 Å². The van der Waals surface area contributed by atoms with Crippen molar-refractivity contribution in [3.05, 3.63) is 57.8 Å². The van der Waals surface area contributed by atoms with E-state index in [1.807, 2.05) is 48.4 Å². The molecule has 1 unspecified atom stereocenters. The second-order valence-corrected chi connectivity index (χ2v) is 7.83. The van der Waals surface area contributed by atoms with Gasteiger partial charge in [-0.2, -0.15) is 0 Å². The number of nitrogens with one attached hydrogen (secondary N) is 1. The summed E-state index contributed by atoms with van der Waals surface area (Å²) >= 11 is 1.46. The number of hydrogen-bond donors (Lipinski definition) is 1. The Bertz CT molecular complexity index is 923. The standard InChI is InChI=1S/C22H27N3O4S/c1-5-29-21(27)19-15(3)24-22-25(20(19)17-9-7-6-8-14(17)2)16(13-30-22)12-18(26)23-10-11-28-4/h6-9,13,20H,5,10-12H2,1-4H3,(H,23,26). The van der Waals surface area contributed by atoms with Crippen LogP contribution in [0.15, 0.2) is 51.6 Å². The van der Waals surface area contributed by atoms with Crippen molar-refractivity contribution >= 4 is 28.8 Å². The lowest BCUT2D eigenvalue weighted by molar-refractivity contribution is -0.139. The van der Waals surface area contributed by atoms with Crippen molar-refractivity contribution in [1.29, 1.82) is 0 Å². The van der Waals surface area contributed by atoms with E-state index in [2.05, 4.69) is 10.3 Å². The summed E-state index contributed by atoms with van der Waals surface area (Å²) in [6.45, 7) is 6.82. The summed E-state index contributed by atoms with van der Waals surface area (Å²) in [6, 6.07) is 7.55. The molecule has 1 amide bonds. The van der Waals surface area contributed by atoms with E-state index in [1.54, 1.807) is 14.0 Å². The maximum absolute atomic E-state index is 12.9. The first-order valence-electron chi connectivity index (χ1n) is 9.90. The zero-order chi connectivity index (χ0) is 21.7. The number of ether oxygens (including phenoxy) is 2. The van der Waals surface area contributed by atoms with Crippen molar-refractivity contribution in [2.24, 2.45) is 4.99 Å². The molecule has 7 nitrogen and oxygen atoms in total. The molecule has 0 fully saturated rings. The number of fused-ring (bicyclic) bond motifs is 1. The van der Waals surface area contributed by atoms with Gasteiger partial charge in [-0.1, -0.05) is 36.0 Å². The number of allylic oxidation sites excluding steroid dienone is 1. The minimum atomic E-state index is -0.397. The second-order valence-electron chi connectivity index (χ2n) is 6.99. The SMILES string of the molecule is CCOC(=O)C1=C(C)N=C2SC=C(CC(=O)NCCOC)N2C1c1ccccc1C. The highest BCUT2D eigenvalue weighted by atomic mass is 32.2. The number of esters is 1. The van der Waals surface area contributed by atoms with E-state index in [1.165, 1.54) is 11.8 Å². The molecule has 2 aliphatic heterocycles. The summed E-state index contributed by atoms with van der Waals surface area (Å²) in [5, 5.41) is 5.54. The Morgan fingerprint density at radius 1 is 1.27 bits per heavy atom. The number of thioether (sulfide) groups is 1. The second kappa shape index (κ2) is 9.95. The number of carbonyl (C=O) groups is 2. The minimum absolute atomic E-state index is 0.104. The van der Waals surface area contributed by atoms with Gasteiger partial charge in [0.05, 0.1) is 36.9 Å². The summed E-state index contributed by atoms with van der Waals surface area (Å²) in [7, 11) is 1.59. The lowest BCUT2D eigenvalue weighted by Gasteiger charge is -2.37. The number of rotatable bonds is 8. The summed E-state index contributed by atoms with van der Waals surface area (Å²) < 4.78 is 10.4. The molecule has 0 aromatic heterocycles. The molecule has 2 aliphatic rings. The smallest absolute Gasteiger partial charge is 0.338 e. The van der Waals surface area contributed by atoms with Gasteiger partial charge in [-0.15, -0.1) is 0 Å². The van der Waals surface area contributed by atoms with Crippen molar-refractivity contribution in [1.82, 2.24) is 10.2 Å². The van der Waals surface area contributed by atoms with E-state index >= 15 is 0 Å². The highest BCUT2D eigenvalue weighted by molar-refractivity contribution is 8.16. The lowest BCUT2D eigenvalue weighted by atomic mass is 9.91. The number of aliphatic imine (C=N–C) groups is 1. The summed E-state index contributed by atoms with van der Waals surface area (Å²) in [5.74, 6) is -0.487. The van der Waals surface area contributed by atoms with E-state index in [0.717, 1.165) is 22.0 Å². The third-order valence-corrected chi connectivity index (χ3v) is 5.84. The molecule has 0 bridgehead atoms. The van der Waals surface area contributed by atoms with Crippen molar-refractivity contribution in [2.75, 3.05) is 26.9 Å². The summed E-state index contributed by atoms with van der Waals surface area (Å²) in [4.78, 5) is 32.0. The van der Waals surface area contributed by atoms with Gasteiger partial charge in [0.15, 0.2) is 5.17 Å². The highest BCUT2D eigenvalue weighted by Gasteiger charge is 2.41. The van der Waals surface area contributed by atoms with E-state index in [-0.39, 0.29) is 24.9 Å². The van der Waals surface area contributed by atoms with Gasteiger partial charge >= 0.3 is 5.97 Å². The third kappa shape index (κ3) is 4.60. The van der Waals surface area contributed by atoms with Gasteiger partial charge < -0.3 is 19.7 Å². The maximum Gasteiger partial charge on any atom is 0.338 e. The number of benzene rings is 1. The van der Waals surface area contributed by atoms with Gasteiger partial charge in [-0.3, -0.25) is 4.79 Å². The van der Waals surface area contributed by atoms with E-state index in [0.29, 0.717) is 24.4 Å². The summed E-state index contributed by atoms with van der Waals surface area (Å²) in [5.41, 5.74) is 3.98. The molecular formula is C22H27N3O4S. The first kappa shape index (κ1) is 22.1. The Kier molecular flexibility index (Phi) is 7.33. The molecule has 0 aliphatic carbocycles. The Hall–Kier alpha value is -2.58. The van der Waals surface area contributed by atoms with Crippen molar-refractivity contribution < 1.29 is 19.1 Å². The van der Waals surface area contributed by atoms with E-state index < -0.39 is 6.04 Å². The zero-order valence-electron chi connectivity index (χ0n) is 17.7. The Balaban J connectivity index is 1.98. The fraction of sp³-hybridized carbons (Fsp3) is 0.409. The summed E-state index contributed by atoms with van der Waals surface area (Å²) in [6.07, 6.45) is 0.188. The van der Waals surface area contributed by atoms with E-state index in [4.69, 9.17) is 9.47 Å². The van der Waals surface area contributed by atoms with Gasteiger partial charge in [0, 0.05) is 19.4 Å². The predicted octanol–water partition coefficient (Wildman–Crippen LogP) is 3.29. The van der Waals surface area contributed by atoms with Gasteiger partial charge in [-0.25, -0.2) is 9.79 Å². The van der Waals surface area contributed by atoms with Crippen LogP contribution in [0.3, 0.4) is 0 Å². The topological polar surface area (TPSA) is 80.2 Å². The van der Waals surface area contributed by atoms with Crippen LogP contribution >= 0.6 is 11.8 Å². The van der Waals surface area contributed by atoms with Gasteiger partial charge in [0.1, 0.15) is 0 Å². The highest BCUT2D eigenvalue weighted by Crippen LogP contribution is 2.45. The average molecular weight is 430 g/mol. The molecule has 1 N–H and O–H groups in total. The Morgan fingerprint density at radius 2 is 2.03 bits per heavy atom. The largest absolute Gasteiger partial charge is 0.463 e. The molecule has 1 aromatic rings. The molecule has 0 radical (unpaired) electrons. The van der Waals surface area contributed by atoms with Crippen molar-refractivity contribution in [3.8, 4) is 0 Å². The van der Waals surface area contributed by atoms with Crippen LogP contribution in [0.5, 0.6) is 0 Å². The Labute approximate surface area is 181 Å². The number of hydrogen-bond acceptors (Lipinski definition) is 7. The molecule has 1 atom stereocenters. The minimum Gasteiger partial charge on any atom is -0.463 e. The first-order chi connectivity index (χ1) is 14.5. The third-order valence-electron chi connectivity index (χ3n) is 4.95. The molecule has 0 saturated heterocycles. The first-order valence-corrected chi connectivity index (χ1v) is 10.8. The fourth-order valence-corrected chi connectivity index (χ4v) is 4.51. The van der Waals surface area contributed by atoms with Crippen LogP contribution in [0.2, 0.25) is 0 Å². The predicted molar refractivity (Wildman–Crippen MR) is 118 cm³/mol. The molecule has 160 valence electrons. The quantitative estimate of drug-likeness (QED) is 0.505. The van der Waals surface area contributed by atoms with Crippen molar-refractivity contribution in [3.63, 3.8) is 0 Å². The number of carbonyl (C=O) groups excluding carboxylic acids is 2. The Morgan fingerprint density at radius 3 is 2.73 bits per heavy atom. The fourth-order valence-electron chi connectivity index (χ4n) is 3.55. The van der Waals surface area contributed by atoms with Crippen LogP contribution < -0.4 is 5.32 Å². The van der Waals surface area contributed by atoms with Crippen LogP contribution in [0.25, 0.3) is 0 Å². The van der Waals surface area contributed by atoms with E-state index in [9.17, 15) is 9.59 Å².